The van der Waals surface area contributed by atoms with Crippen LogP contribution in [0.25, 0.3) is 0 Å². The summed E-state index contributed by atoms with van der Waals surface area (Å²) in [7, 11) is 0. The fourth-order valence-electron chi connectivity index (χ4n) is 2.50. The number of carbonyl (C=O) groups is 1. The molecular formula is C16H20F2N2O2S. The van der Waals surface area contributed by atoms with Gasteiger partial charge in [0.05, 0.1) is 0 Å². The Hall–Kier alpha value is -1.76. The van der Waals surface area contributed by atoms with Gasteiger partial charge in [0, 0.05) is 19.0 Å². The Labute approximate surface area is 139 Å². The van der Waals surface area contributed by atoms with Gasteiger partial charge in [-0.15, -0.1) is 0 Å². The van der Waals surface area contributed by atoms with E-state index in [4.69, 9.17) is 17.0 Å². The standard InChI is InChI=1S/C16H20F2N2O2S/c1-2-3-7-19-16(21)22-13-8-10(9-20-15(13)23)11-5-4-6-12(17)14(11)18/h4-6,10,13H,2-3,7-9H2,1H3,(H,19,21)(H,20,23)/t10-,13+/m1/s1. The normalized spacial score (nSPS) is 20.7. The minimum absolute atomic E-state index is 0.264. The van der Waals surface area contributed by atoms with Crippen LogP contribution in [-0.2, 0) is 4.74 Å². The quantitative estimate of drug-likeness (QED) is 0.637. The van der Waals surface area contributed by atoms with E-state index in [1.165, 1.54) is 12.1 Å². The van der Waals surface area contributed by atoms with Crippen LogP contribution in [0.1, 0.15) is 37.7 Å². The van der Waals surface area contributed by atoms with E-state index in [0.717, 1.165) is 18.9 Å². The number of nitrogens with one attached hydrogen (secondary N) is 2. The first kappa shape index (κ1) is 17.6. The SMILES string of the molecule is CCCCNC(=O)O[C@H]1C[C@@H](c2cccc(F)c2F)CNC1=S. The molecule has 1 fully saturated rings. The maximum Gasteiger partial charge on any atom is 0.407 e. The average Bonchev–Trinajstić information content (AvgIpc) is 2.53. The molecule has 7 heteroatoms. The summed E-state index contributed by atoms with van der Waals surface area (Å²) in [6.07, 6.45) is 0.957. The predicted octanol–water partition coefficient (Wildman–Crippen LogP) is 3.26. The zero-order chi connectivity index (χ0) is 16.8. The highest BCUT2D eigenvalue weighted by atomic mass is 32.1. The topological polar surface area (TPSA) is 50.4 Å². The van der Waals surface area contributed by atoms with E-state index in [9.17, 15) is 13.6 Å². The first-order valence-corrected chi connectivity index (χ1v) is 8.09. The Morgan fingerprint density at radius 1 is 1.48 bits per heavy atom. The number of benzene rings is 1. The van der Waals surface area contributed by atoms with Gasteiger partial charge in [0.15, 0.2) is 17.7 Å². The van der Waals surface area contributed by atoms with E-state index in [-0.39, 0.29) is 11.5 Å². The van der Waals surface area contributed by atoms with Crippen LogP contribution in [0.3, 0.4) is 0 Å². The van der Waals surface area contributed by atoms with Gasteiger partial charge in [0.25, 0.3) is 0 Å². The monoisotopic (exact) mass is 342 g/mol. The maximum atomic E-state index is 13.9. The molecule has 1 aliphatic rings. The Bertz CT molecular complexity index is 583. The van der Waals surface area contributed by atoms with E-state index in [1.54, 1.807) is 0 Å². The predicted molar refractivity (Wildman–Crippen MR) is 87.5 cm³/mol. The van der Waals surface area contributed by atoms with E-state index in [2.05, 4.69) is 10.6 Å². The molecule has 0 aliphatic carbocycles. The van der Waals surface area contributed by atoms with Gasteiger partial charge in [-0.2, -0.15) is 0 Å². The third-order valence-electron chi connectivity index (χ3n) is 3.78. The summed E-state index contributed by atoms with van der Waals surface area (Å²) in [5.74, 6) is -2.06. The van der Waals surface area contributed by atoms with Crippen molar-refractivity contribution in [1.82, 2.24) is 10.6 Å². The zero-order valence-electron chi connectivity index (χ0n) is 12.9. The van der Waals surface area contributed by atoms with Crippen LogP contribution in [0.4, 0.5) is 13.6 Å². The molecule has 126 valence electrons. The highest BCUT2D eigenvalue weighted by Crippen LogP contribution is 2.28. The summed E-state index contributed by atoms with van der Waals surface area (Å²) in [6.45, 7) is 2.94. The molecule has 0 spiro atoms. The average molecular weight is 342 g/mol. The molecule has 1 amide bonds. The van der Waals surface area contributed by atoms with Crippen LogP contribution in [0, 0.1) is 11.6 Å². The van der Waals surface area contributed by atoms with Gasteiger partial charge < -0.3 is 15.4 Å². The molecule has 2 rings (SSSR count). The molecule has 1 saturated heterocycles. The molecular weight excluding hydrogens is 322 g/mol. The fourth-order valence-corrected chi connectivity index (χ4v) is 2.73. The number of alkyl carbamates (subject to hydrolysis) is 1. The number of ether oxygens (including phenoxy) is 1. The molecule has 0 saturated carbocycles. The highest BCUT2D eigenvalue weighted by molar-refractivity contribution is 7.80. The fraction of sp³-hybridized carbons (Fsp3) is 0.500. The van der Waals surface area contributed by atoms with Crippen molar-refractivity contribution in [2.45, 2.75) is 38.2 Å². The van der Waals surface area contributed by atoms with Crippen molar-refractivity contribution in [3.8, 4) is 0 Å². The summed E-state index contributed by atoms with van der Waals surface area (Å²) < 4.78 is 32.6. The third kappa shape index (κ3) is 4.60. The van der Waals surface area contributed by atoms with Gasteiger partial charge in [0.2, 0.25) is 0 Å². The van der Waals surface area contributed by atoms with Crippen molar-refractivity contribution in [2.75, 3.05) is 13.1 Å². The smallest absolute Gasteiger partial charge is 0.407 e. The molecule has 1 aliphatic heterocycles. The van der Waals surface area contributed by atoms with E-state index in [1.807, 2.05) is 6.92 Å². The molecule has 1 heterocycles. The maximum absolute atomic E-state index is 13.9. The van der Waals surface area contributed by atoms with E-state index >= 15 is 0 Å². The molecule has 0 unspecified atom stereocenters. The molecule has 4 nitrogen and oxygen atoms in total. The summed E-state index contributed by atoms with van der Waals surface area (Å²) >= 11 is 5.16. The van der Waals surface area contributed by atoms with Crippen molar-refractivity contribution in [1.29, 1.82) is 0 Å². The molecule has 1 aromatic carbocycles. The number of unbranched alkanes of at least 4 members (excludes halogenated alkanes) is 1. The molecule has 23 heavy (non-hydrogen) atoms. The van der Waals surface area contributed by atoms with Gasteiger partial charge in [-0.25, -0.2) is 13.6 Å². The van der Waals surface area contributed by atoms with Crippen molar-refractivity contribution in [3.05, 3.63) is 35.4 Å². The van der Waals surface area contributed by atoms with Crippen molar-refractivity contribution in [2.24, 2.45) is 0 Å². The zero-order valence-corrected chi connectivity index (χ0v) is 13.7. The molecule has 0 bridgehead atoms. The second-order valence-corrected chi connectivity index (χ2v) is 5.93. The Morgan fingerprint density at radius 2 is 2.26 bits per heavy atom. The van der Waals surface area contributed by atoms with Gasteiger partial charge in [0.1, 0.15) is 4.99 Å². The Kier molecular flexibility index (Phi) is 6.27. The van der Waals surface area contributed by atoms with E-state index in [0.29, 0.717) is 24.5 Å². The van der Waals surface area contributed by atoms with Crippen molar-refractivity contribution < 1.29 is 18.3 Å². The second-order valence-electron chi connectivity index (χ2n) is 5.50. The van der Waals surface area contributed by atoms with Gasteiger partial charge >= 0.3 is 6.09 Å². The molecule has 2 N–H and O–H groups in total. The number of hydrogen-bond acceptors (Lipinski definition) is 3. The van der Waals surface area contributed by atoms with Crippen LogP contribution >= 0.6 is 12.2 Å². The number of carbonyl (C=O) groups excluding carboxylic acids is 1. The van der Waals surface area contributed by atoms with Crippen LogP contribution in [0.2, 0.25) is 0 Å². The van der Waals surface area contributed by atoms with Crippen molar-refractivity contribution >= 4 is 23.3 Å². The van der Waals surface area contributed by atoms with Crippen LogP contribution in [0.5, 0.6) is 0 Å². The number of hydrogen-bond donors (Lipinski definition) is 2. The lowest BCUT2D eigenvalue weighted by atomic mass is 9.89. The van der Waals surface area contributed by atoms with Gasteiger partial charge in [-0.05, 0) is 24.5 Å². The number of rotatable bonds is 5. The number of thiocarbonyl (C=S) groups is 1. The molecule has 1 aromatic rings. The lowest BCUT2D eigenvalue weighted by Gasteiger charge is -2.31. The van der Waals surface area contributed by atoms with Gasteiger partial charge in [-0.3, -0.25) is 0 Å². The van der Waals surface area contributed by atoms with Crippen LogP contribution in [0.15, 0.2) is 18.2 Å². The summed E-state index contributed by atoms with van der Waals surface area (Å²) in [5.41, 5.74) is 0.264. The third-order valence-corrected chi connectivity index (χ3v) is 4.19. The van der Waals surface area contributed by atoms with Crippen LogP contribution < -0.4 is 10.6 Å². The lowest BCUT2D eigenvalue weighted by molar-refractivity contribution is 0.115. The number of piperidine rings is 1. The van der Waals surface area contributed by atoms with Gasteiger partial charge in [-0.1, -0.05) is 37.7 Å². The highest BCUT2D eigenvalue weighted by Gasteiger charge is 2.31. The summed E-state index contributed by atoms with van der Waals surface area (Å²) in [6, 6.07) is 4.08. The minimum Gasteiger partial charge on any atom is -0.439 e. The van der Waals surface area contributed by atoms with Crippen LogP contribution in [-0.4, -0.2) is 30.3 Å². The molecule has 0 aromatic heterocycles. The van der Waals surface area contributed by atoms with Crippen molar-refractivity contribution in [3.63, 3.8) is 0 Å². The summed E-state index contributed by atoms with van der Waals surface area (Å²) in [4.78, 5) is 12.1. The largest absolute Gasteiger partial charge is 0.439 e. The lowest BCUT2D eigenvalue weighted by Crippen LogP contribution is -2.46. The molecule has 2 atom stereocenters. The number of amides is 1. The number of halogens is 2. The Balaban J connectivity index is 2.00. The molecule has 0 radical (unpaired) electrons. The second kappa shape index (κ2) is 8.19. The van der Waals surface area contributed by atoms with E-state index < -0.39 is 23.8 Å². The first-order chi connectivity index (χ1) is 11.0. The Morgan fingerprint density at radius 3 is 3.00 bits per heavy atom. The summed E-state index contributed by atoms with van der Waals surface area (Å²) in [5, 5.41) is 5.58. The minimum atomic E-state index is -0.884. The first-order valence-electron chi connectivity index (χ1n) is 7.69.